The van der Waals surface area contributed by atoms with Crippen LogP contribution in [0.2, 0.25) is 0 Å². The molecule has 0 spiro atoms. The van der Waals surface area contributed by atoms with Gasteiger partial charge in [-0.3, -0.25) is 9.78 Å². The predicted octanol–water partition coefficient (Wildman–Crippen LogP) is 4.40. The van der Waals surface area contributed by atoms with Gasteiger partial charge in [0.1, 0.15) is 18.0 Å². The number of hydrogen-bond acceptors (Lipinski definition) is 7. The summed E-state index contributed by atoms with van der Waals surface area (Å²) in [5.74, 6) is -4.15. The van der Waals surface area contributed by atoms with Gasteiger partial charge in [0.25, 0.3) is 0 Å². The number of ether oxygens (including phenoxy) is 1. The average Bonchev–Trinajstić information content (AvgIpc) is 3.21. The molecule has 1 aliphatic rings. The van der Waals surface area contributed by atoms with Crippen molar-refractivity contribution >= 4 is 15.9 Å². The lowest BCUT2D eigenvalue weighted by molar-refractivity contribution is -0.275. The molecule has 1 aliphatic heterocycles. The molecule has 3 heterocycles. The molecule has 0 saturated carbocycles. The molecular formula is C24H19F8N5O4S. The Labute approximate surface area is 232 Å². The van der Waals surface area contributed by atoms with E-state index in [1.54, 1.807) is 0 Å². The molecule has 3 unspecified atom stereocenters. The summed E-state index contributed by atoms with van der Waals surface area (Å²) in [4.78, 5) is 22.7. The summed E-state index contributed by atoms with van der Waals surface area (Å²) in [6, 6.07) is 1.62. The minimum absolute atomic E-state index is 0.115. The van der Waals surface area contributed by atoms with E-state index in [0.29, 0.717) is 10.5 Å². The number of halogens is 8. The molecule has 2 aromatic heterocycles. The normalized spacial score (nSPS) is 20.0. The van der Waals surface area contributed by atoms with Crippen molar-refractivity contribution in [2.75, 3.05) is 0 Å². The fraction of sp³-hybridized carbons (Fsp3) is 0.333. The van der Waals surface area contributed by atoms with E-state index in [2.05, 4.69) is 25.0 Å². The summed E-state index contributed by atoms with van der Waals surface area (Å²) in [5.41, 5.74) is -0.654. The molecule has 1 saturated heterocycles. The maximum absolute atomic E-state index is 14.7. The lowest BCUT2D eigenvalue weighted by Gasteiger charge is -2.27. The van der Waals surface area contributed by atoms with Crippen LogP contribution < -0.4 is 10.1 Å². The molecule has 1 amide bonds. The highest BCUT2D eigenvalue weighted by molar-refractivity contribution is 7.89. The smallest absolute Gasteiger partial charge is 0.404 e. The quantitative estimate of drug-likeness (QED) is 0.387. The lowest BCUT2D eigenvalue weighted by Crippen LogP contribution is -2.48. The summed E-state index contributed by atoms with van der Waals surface area (Å²) in [7, 11) is -4.52. The average molecular weight is 625 g/mol. The van der Waals surface area contributed by atoms with Gasteiger partial charge in [0.05, 0.1) is 22.8 Å². The molecule has 226 valence electrons. The van der Waals surface area contributed by atoms with Crippen molar-refractivity contribution in [2.24, 2.45) is 0 Å². The molecule has 0 radical (unpaired) electrons. The van der Waals surface area contributed by atoms with Gasteiger partial charge in [0.2, 0.25) is 21.8 Å². The van der Waals surface area contributed by atoms with Crippen molar-refractivity contribution in [3.63, 3.8) is 0 Å². The zero-order valence-electron chi connectivity index (χ0n) is 21.1. The van der Waals surface area contributed by atoms with E-state index in [9.17, 15) is 48.3 Å². The van der Waals surface area contributed by atoms with Crippen LogP contribution in [0.4, 0.5) is 35.1 Å². The summed E-state index contributed by atoms with van der Waals surface area (Å²) < 4.78 is 136. The van der Waals surface area contributed by atoms with Crippen molar-refractivity contribution in [3.8, 4) is 17.0 Å². The third kappa shape index (κ3) is 6.75. The van der Waals surface area contributed by atoms with Gasteiger partial charge >= 0.3 is 12.5 Å². The van der Waals surface area contributed by atoms with Crippen LogP contribution in [0, 0.1) is 5.82 Å². The van der Waals surface area contributed by atoms with Crippen LogP contribution in [0.25, 0.3) is 11.3 Å². The fourth-order valence-electron chi connectivity index (χ4n) is 4.20. The van der Waals surface area contributed by atoms with E-state index >= 15 is 0 Å². The third-order valence-electron chi connectivity index (χ3n) is 6.20. The highest BCUT2D eigenvalue weighted by Crippen LogP contribution is 2.34. The molecule has 1 aromatic carbocycles. The minimum Gasteiger partial charge on any atom is -0.404 e. The Morgan fingerprint density at radius 1 is 1.05 bits per heavy atom. The van der Waals surface area contributed by atoms with E-state index < -0.39 is 82.0 Å². The number of sulfonamides is 1. The second-order valence-electron chi connectivity index (χ2n) is 9.03. The third-order valence-corrected chi connectivity index (χ3v) is 8.21. The molecule has 42 heavy (non-hydrogen) atoms. The van der Waals surface area contributed by atoms with Gasteiger partial charge in [-0.15, -0.1) is 13.2 Å². The maximum Gasteiger partial charge on any atom is 0.573 e. The molecule has 9 nitrogen and oxygen atoms in total. The van der Waals surface area contributed by atoms with Crippen LogP contribution in [0.1, 0.15) is 24.7 Å². The maximum atomic E-state index is 14.7. The van der Waals surface area contributed by atoms with E-state index in [0.717, 1.165) is 42.7 Å². The topological polar surface area (TPSA) is 114 Å². The molecule has 3 aromatic rings. The number of nitrogens with zero attached hydrogens (tertiary/aromatic N) is 4. The summed E-state index contributed by atoms with van der Waals surface area (Å²) in [6.45, 7) is 0.503. The lowest BCUT2D eigenvalue weighted by atomic mass is 10.1. The van der Waals surface area contributed by atoms with Gasteiger partial charge in [-0.25, -0.2) is 27.2 Å². The number of carbonyl (C=O) groups excluding carboxylic acids is 1. The Kier molecular flexibility index (Phi) is 8.41. The monoisotopic (exact) mass is 625 g/mol. The Bertz CT molecular complexity index is 1550. The number of nitrogens with one attached hydrogen (secondary N) is 1. The van der Waals surface area contributed by atoms with Crippen LogP contribution in [0.3, 0.4) is 0 Å². The van der Waals surface area contributed by atoms with Crippen molar-refractivity contribution in [1.29, 1.82) is 0 Å². The van der Waals surface area contributed by atoms with E-state index in [1.165, 1.54) is 6.92 Å². The van der Waals surface area contributed by atoms with E-state index in [-0.39, 0.29) is 16.8 Å². The number of alkyl halides is 7. The Morgan fingerprint density at radius 3 is 2.24 bits per heavy atom. The number of rotatable bonds is 7. The first-order valence-electron chi connectivity index (χ1n) is 11.8. The van der Waals surface area contributed by atoms with Crippen molar-refractivity contribution in [1.82, 2.24) is 24.6 Å². The number of carbonyl (C=O) groups is 1. The molecule has 0 bridgehead atoms. The van der Waals surface area contributed by atoms with Gasteiger partial charge in [-0.1, -0.05) is 0 Å². The molecule has 4 rings (SSSR count). The minimum atomic E-state index is -5.19. The van der Waals surface area contributed by atoms with Gasteiger partial charge in [-0.05, 0) is 37.3 Å². The Hall–Kier alpha value is -3.93. The predicted molar refractivity (Wildman–Crippen MR) is 127 cm³/mol. The van der Waals surface area contributed by atoms with Crippen LogP contribution in [-0.4, -0.2) is 58.2 Å². The fourth-order valence-corrected chi connectivity index (χ4v) is 6.01. The standard InChI is InChI=1S/C24H19F8N5O4S/c1-12-17(26)7-19(37(12)42(39,40)16-4-2-15(25)3-5-16)21(38)34-8-13-6-18(33-11-20(13)41-24(30,31)32)14-9-35-22(36-10-14)23(27,28)29/h2-6,9-12,17,19H,7-8H2,1H3,(H,34,38). The van der Waals surface area contributed by atoms with Crippen LogP contribution >= 0.6 is 0 Å². The number of hydrogen-bond donors (Lipinski definition) is 1. The van der Waals surface area contributed by atoms with Crippen molar-refractivity contribution in [2.45, 2.75) is 55.6 Å². The number of aromatic nitrogens is 3. The van der Waals surface area contributed by atoms with Gasteiger partial charge in [0, 0.05) is 36.5 Å². The molecule has 1 fully saturated rings. The highest BCUT2D eigenvalue weighted by atomic mass is 32.2. The van der Waals surface area contributed by atoms with Gasteiger partial charge < -0.3 is 10.1 Å². The second-order valence-corrected chi connectivity index (χ2v) is 10.9. The molecule has 3 atom stereocenters. The van der Waals surface area contributed by atoms with Gasteiger partial charge in [0.15, 0.2) is 5.75 Å². The Balaban J connectivity index is 1.61. The van der Waals surface area contributed by atoms with Crippen LogP contribution in [0.5, 0.6) is 5.75 Å². The molecular weight excluding hydrogens is 606 g/mol. The van der Waals surface area contributed by atoms with Gasteiger partial charge in [-0.2, -0.15) is 17.5 Å². The van der Waals surface area contributed by atoms with Crippen molar-refractivity contribution < 1.29 is 53.1 Å². The molecule has 18 heteroatoms. The zero-order chi connectivity index (χ0) is 31.0. The number of amides is 1. The highest BCUT2D eigenvalue weighted by Gasteiger charge is 2.49. The number of benzene rings is 1. The first kappa shape index (κ1) is 31.0. The SMILES string of the molecule is CC1C(F)CC(C(=O)NCc2cc(-c3cnc(C(F)(F)F)nc3)ncc2OC(F)(F)F)N1S(=O)(=O)c1ccc(F)cc1. The Morgan fingerprint density at radius 2 is 1.67 bits per heavy atom. The summed E-state index contributed by atoms with van der Waals surface area (Å²) in [6.07, 6.45) is -10.3. The first-order valence-corrected chi connectivity index (χ1v) is 13.3. The van der Waals surface area contributed by atoms with E-state index in [1.807, 2.05) is 0 Å². The van der Waals surface area contributed by atoms with Crippen LogP contribution in [-0.2, 0) is 27.5 Å². The largest absolute Gasteiger partial charge is 0.573 e. The molecule has 0 aliphatic carbocycles. The second kappa shape index (κ2) is 11.4. The number of pyridine rings is 1. The molecule has 1 N–H and O–H groups in total. The zero-order valence-corrected chi connectivity index (χ0v) is 21.9. The summed E-state index contributed by atoms with van der Waals surface area (Å²) in [5, 5.41) is 2.25. The van der Waals surface area contributed by atoms with E-state index in [4.69, 9.17) is 0 Å². The summed E-state index contributed by atoms with van der Waals surface area (Å²) >= 11 is 0. The van der Waals surface area contributed by atoms with Crippen LogP contribution in [0.15, 0.2) is 53.8 Å². The first-order chi connectivity index (χ1) is 19.5. The van der Waals surface area contributed by atoms with Crippen molar-refractivity contribution in [3.05, 3.63) is 66.1 Å².